The number of carbonyl (C=O) groups is 1. The Hall–Kier alpha value is -1.67. The van der Waals surface area contributed by atoms with Crippen molar-refractivity contribution in [3.05, 3.63) is 22.8 Å². The first-order valence-electron chi connectivity index (χ1n) is 8.31. The van der Waals surface area contributed by atoms with Crippen LogP contribution in [0.4, 0.5) is 0 Å². The Bertz CT molecular complexity index is 581. The molecule has 7 nitrogen and oxygen atoms in total. The largest absolute Gasteiger partial charge is 0.507 e. The fourth-order valence-corrected chi connectivity index (χ4v) is 3.15. The number of aromatic hydroxyl groups is 2. The maximum absolute atomic E-state index is 11.3. The Labute approximate surface area is 141 Å². The zero-order chi connectivity index (χ0) is 16.9. The Morgan fingerprint density at radius 2 is 1.46 bits per heavy atom. The minimum absolute atomic E-state index is 0.0797. The maximum Gasteiger partial charge on any atom is 0.153 e. The number of benzene rings is 1. The number of phenolic OH excluding ortho intramolecular Hbond substituents is 2. The van der Waals surface area contributed by atoms with E-state index in [1.54, 1.807) is 6.07 Å². The van der Waals surface area contributed by atoms with Gasteiger partial charge in [0.2, 0.25) is 0 Å². The lowest BCUT2D eigenvalue weighted by Crippen LogP contribution is -2.36. The summed E-state index contributed by atoms with van der Waals surface area (Å²) in [6.45, 7) is 6.59. The standard InChI is InChI=1S/C17H24N2O5/c20-12-14-9-13(10-18-1-5-23-6-2-18)16(21)15(17(14)22)11-19-3-7-24-8-4-19/h9,12,21-22H,1-8,10-11H2. The van der Waals surface area contributed by atoms with Crippen LogP contribution in [0.5, 0.6) is 11.5 Å². The monoisotopic (exact) mass is 336 g/mol. The van der Waals surface area contributed by atoms with Gasteiger partial charge in [-0.1, -0.05) is 0 Å². The Kier molecular flexibility index (Phi) is 5.68. The van der Waals surface area contributed by atoms with E-state index >= 15 is 0 Å². The van der Waals surface area contributed by atoms with Gasteiger partial charge in [-0.3, -0.25) is 14.6 Å². The fourth-order valence-electron chi connectivity index (χ4n) is 3.15. The molecule has 132 valence electrons. The molecule has 1 aromatic carbocycles. The average Bonchev–Trinajstić information content (AvgIpc) is 2.63. The number of aldehydes is 1. The molecule has 24 heavy (non-hydrogen) atoms. The summed E-state index contributed by atoms with van der Waals surface area (Å²) in [5, 5.41) is 21.0. The van der Waals surface area contributed by atoms with Crippen LogP contribution in [0.2, 0.25) is 0 Å². The second-order valence-electron chi connectivity index (χ2n) is 6.20. The first kappa shape index (κ1) is 17.2. The van der Waals surface area contributed by atoms with Gasteiger partial charge >= 0.3 is 0 Å². The fraction of sp³-hybridized carbons (Fsp3) is 0.588. The molecule has 0 bridgehead atoms. The molecule has 0 spiro atoms. The topological polar surface area (TPSA) is 82.5 Å². The molecule has 7 heteroatoms. The number of morpholine rings is 2. The number of ether oxygens (including phenoxy) is 2. The summed E-state index contributed by atoms with van der Waals surface area (Å²) in [5.41, 5.74) is 1.31. The van der Waals surface area contributed by atoms with Gasteiger partial charge < -0.3 is 19.7 Å². The molecule has 2 fully saturated rings. The van der Waals surface area contributed by atoms with E-state index in [4.69, 9.17) is 9.47 Å². The van der Waals surface area contributed by atoms with Crippen molar-refractivity contribution in [3.8, 4) is 11.5 Å². The van der Waals surface area contributed by atoms with Gasteiger partial charge in [-0.05, 0) is 6.07 Å². The van der Waals surface area contributed by atoms with Gasteiger partial charge in [0.1, 0.15) is 11.5 Å². The van der Waals surface area contributed by atoms with Crippen LogP contribution in [0.3, 0.4) is 0 Å². The highest BCUT2D eigenvalue weighted by Crippen LogP contribution is 2.35. The second-order valence-corrected chi connectivity index (χ2v) is 6.20. The summed E-state index contributed by atoms with van der Waals surface area (Å²) in [5.74, 6) is -0.0456. The SMILES string of the molecule is O=Cc1cc(CN2CCOCC2)c(O)c(CN2CCOCC2)c1O. The molecule has 0 aliphatic carbocycles. The Balaban J connectivity index is 1.85. The van der Waals surface area contributed by atoms with Crippen LogP contribution < -0.4 is 0 Å². The van der Waals surface area contributed by atoms with Crippen molar-refractivity contribution in [3.63, 3.8) is 0 Å². The van der Waals surface area contributed by atoms with Crippen LogP contribution in [0, 0.1) is 0 Å². The normalized spacial score (nSPS) is 20.2. The number of hydrogen-bond acceptors (Lipinski definition) is 7. The number of carbonyl (C=O) groups excluding carboxylic acids is 1. The summed E-state index contributed by atoms with van der Waals surface area (Å²) >= 11 is 0. The lowest BCUT2D eigenvalue weighted by Gasteiger charge is -2.29. The lowest BCUT2D eigenvalue weighted by molar-refractivity contribution is 0.0325. The van der Waals surface area contributed by atoms with Crippen molar-refractivity contribution in [1.82, 2.24) is 9.80 Å². The molecular formula is C17H24N2O5. The van der Waals surface area contributed by atoms with E-state index in [2.05, 4.69) is 9.80 Å². The highest BCUT2D eigenvalue weighted by molar-refractivity contribution is 5.81. The average molecular weight is 336 g/mol. The van der Waals surface area contributed by atoms with Crippen molar-refractivity contribution in [2.24, 2.45) is 0 Å². The molecule has 0 aromatic heterocycles. The molecule has 0 saturated carbocycles. The van der Waals surface area contributed by atoms with Gasteiger partial charge in [0, 0.05) is 44.8 Å². The van der Waals surface area contributed by atoms with E-state index < -0.39 is 0 Å². The number of rotatable bonds is 5. The molecule has 2 heterocycles. The van der Waals surface area contributed by atoms with E-state index in [0.29, 0.717) is 56.9 Å². The third-order valence-corrected chi connectivity index (χ3v) is 4.59. The summed E-state index contributed by atoms with van der Waals surface area (Å²) in [4.78, 5) is 15.6. The minimum atomic E-state index is -0.125. The van der Waals surface area contributed by atoms with Crippen molar-refractivity contribution in [1.29, 1.82) is 0 Å². The van der Waals surface area contributed by atoms with Crippen LogP contribution in [0.25, 0.3) is 0 Å². The van der Waals surface area contributed by atoms with Crippen LogP contribution in [-0.2, 0) is 22.6 Å². The molecular weight excluding hydrogens is 312 g/mol. The van der Waals surface area contributed by atoms with E-state index in [0.717, 1.165) is 26.2 Å². The predicted molar refractivity (Wildman–Crippen MR) is 87.4 cm³/mol. The zero-order valence-electron chi connectivity index (χ0n) is 13.7. The van der Waals surface area contributed by atoms with Crippen molar-refractivity contribution in [2.45, 2.75) is 13.1 Å². The zero-order valence-corrected chi connectivity index (χ0v) is 13.7. The third kappa shape index (κ3) is 3.87. The predicted octanol–water partition coefficient (Wildman–Crippen LogP) is 0.575. The summed E-state index contributed by atoms with van der Waals surface area (Å²) in [6.07, 6.45) is 0.639. The van der Waals surface area contributed by atoms with Crippen molar-refractivity contribution < 1.29 is 24.5 Å². The summed E-state index contributed by atoms with van der Waals surface area (Å²) in [6, 6.07) is 1.58. The maximum atomic E-state index is 11.3. The van der Waals surface area contributed by atoms with Gasteiger partial charge in [-0.15, -0.1) is 0 Å². The van der Waals surface area contributed by atoms with E-state index in [9.17, 15) is 15.0 Å². The smallest absolute Gasteiger partial charge is 0.153 e. The Morgan fingerprint density at radius 1 is 0.917 bits per heavy atom. The molecule has 2 N–H and O–H groups in total. The number of hydrogen-bond donors (Lipinski definition) is 2. The van der Waals surface area contributed by atoms with Crippen molar-refractivity contribution in [2.75, 3.05) is 52.6 Å². The molecule has 2 aliphatic heterocycles. The highest BCUT2D eigenvalue weighted by Gasteiger charge is 2.22. The van der Waals surface area contributed by atoms with E-state index in [1.165, 1.54) is 0 Å². The highest BCUT2D eigenvalue weighted by atomic mass is 16.5. The van der Waals surface area contributed by atoms with Crippen LogP contribution in [-0.4, -0.2) is 78.9 Å². The quantitative estimate of drug-likeness (QED) is 0.761. The Morgan fingerprint density at radius 3 is 2.00 bits per heavy atom. The molecule has 2 aliphatic rings. The molecule has 2 saturated heterocycles. The third-order valence-electron chi connectivity index (χ3n) is 4.59. The van der Waals surface area contributed by atoms with Gasteiger partial charge in [0.15, 0.2) is 6.29 Å². The molecule has 0 radical (unpaired) electrons. The molecule has 0 unspecified atom stereocenters. The van der Waals surface area contributed by atoms with Crippen LogP contribution in [0.15, 0.2) is 6.07 Å². The number of nitrogens with zero attached hydrogens (tertiary/aromatic N) is 2. The first-order valence-corrected chi connectivity index (χ1v) is 8.31. The minimum Gasteiger partial charge on any atom is -0.507 e. The second kappa shape index (κ2) is 7.94. The van der Waals surface area contributed by atoms with Gasteiger partial charge in [0.25, 0.3) is 0 Å². The van der Waals surface area contributed by atoms with Crippen molar-refractivity contribution >= 4 is 6.29 Å². The first-order chi connectivity index (χ1) is 11.7. The van der Waals surface area contributed by atoms with Gasteiger partial charge in [-0.25, -0.2) is 0 Å². The molecule has 1 aromatic rings. The summed E-state index contributed by atoms with van der Waals surface area (Å²) < 4.78 is 10.7. The van der Waals surface area contributed by atoms with Gasteiger partial charge in [-0.2, -0.15) is 0 Å². The van der Waals surface area contributed by atoms with E-state index in [1.807, 2.05) is 0 Å². The number of phenols is 2. The van der Waals surface area contributed by atoms with E-state index in [-0.39, 0.29) is 17.1 Å². The van der Waals surface area contributed by atoms with Crippen LogP contribution >= 0.6 is 0 Å². The van der Waals surface area contributed by atoms with Gasteiger partial charge in [0.05, 0.1) is 37.6 Å². The molecule has 3 rings (SSSR count). The lowest BCUT2D eigenvalue weighted by atomic mass is 10.0. The summed E-state index contributed by atoms with van der Waals surface area (Å²) in [7, 11) is 0. The molecule has 0 atom stereocenters. The van der Waals surface area contributed by atoms with Crippen LogP contribution in [0.1, 0.15) is 21.5 Å². The molecule has 0 amide bonds.